The normalized spacial score (nSPS) is 35.0. The molecule has 1 amide bonds. The Balaban J connectivity index is 1.27. The number of rotatable bonds is 6. The lowest BCUT2D eigenvalue weighted by atomic mass is 9.73. The van der Waals surface area contributed by atoms with Gasteiger partial charge in [-0.25, -0.2) is 4.39 Å². The third-order valence-corrected chi connectivity index (χ3v) is 7.55. The molecule has 1 N–H and O–H groups in total. The van der Waals surface area contributed by atoms with Crippen molar-refractivity contribution >= 4 is 5.91 Å². The fraction of sp³-hybridized carbons (Fsp3) is 0.682. The first-order chi connectivity index (χ1) is 13.4. The number of ether oxygens (including phenoxy) is 2. The van der Waals surface area contributed by atoms with E-state index in [2.05, 4.69) is 10.2 Å². The van der Waals surface area contributed by atoms with E-state index < -0.39 is 0 Å². The molecule has 5 rings (SSSR count). The summed E-state index contributed by atoms with van der Waals surface area (Å²) in [6.45, 7) is 5.04. The molecule has 28 heavy (non-hydrogen) atoms. The van der Waals surface area contributed by atoms with Crippen LogP contribution in [0.5, 0.6) is 5.75 Å². The summed E-state index contributed by atoms with van der Waals surface area (Å²) in [5.41, 5.74) is 0.414. The van der Waals surface area contributed by atoms with Gasteiger partial charge in [0.1, 0.15) is 11.6 Å². The van der Waals surface area contributed by atoms with Gasteiger partial charge in [0, 0.05) is 49.0 Å². The molecule has 0 radical (unpaired) electrons. The Morgan fingerprint density at radius 2 is 2.21 bits per heavy atom. The van der Waals surface area contributed by atoms with Crippen LogP contribution in [0.3, 0.4) is 0 Å². The zero-order chi connectivity index (χ0) is 19.5. The first kappa shape index (κ1) is 18.4. The van der Waals surface area contributed by atoms with Crippen LogP contribution in [-0.2, 0) is 16.1 Å². The molecule has 2 bridgehead atoms. The number of amides is 1. The van der Waals surface area contributed by atoms with E-state index in [1.54, 1.807) is 19.2 Å². The molecule has 152 valence electrons. The standard InChI is InChI=1S/C22H29FN2O3/c1-21(7-8-21)20(26)24-10-16-17-12-25(13-22(17)6-5-19(16)28-22)11-14-9-15(27-2)3-4-18(14)23/h3-4,9,16-17,19H,5-8,10-13H2,1-2H3,(H,24,26)/t16-,17+,19+,22+/m0/s1. The second-order valence-electron chi connectivity index (χ2n) is 9.43. The highest BCUT2D eigenvalue weighted by molar-refractivity contribution is 5.84. The fourth-order valence-electron chi connectivity index (χ4n) is 5.56. The van der Waals surface area contributed by atoms with Crippen molar-refractivity contribution in [2.75, 3.05) is 26.7 Å². The molecule has 3 saturated heterocycles. The van der Waals surface area contributed by atoms with Gasteiger partial charge in [-0.2, -0.15) is 0 Å². The number of carbonyl (C=O) groups excluding carboxylic acids is 1. The van der Waals surface area contributed by atoms with Gasteiger partial charge < -0.3 is 14.8 Å². The molecule has 5 nitrogen and oxygen atoms in total. The fourth-order valence-corrected chi connectivity index (χ4v) is 5.56. The van der Waals surface area contributed by atoms with Crippen LogP contribution in [-0.4, -0.2) is 49.3 Å². The Morgan fingerprint density at radius 1 is 1.39 bits per heavy atom. The summed E-state index contributed by atoms with van der Waals surface area (Å²) >= 11 is 0. The lowest BCUT2D eigenvalue weighted by Gasteiger charge is -2.30. The molecule has 1 aromatic carbocycles. The maximum Gasteiger partial charge on any atom is 0.225 e. The van der Waals surface area contributed by atoms with Crippen LogP contribution in [0.15, 0.2) is 18.2 Å². The topological polar surface area (TPSA) is 50.8 Å². The molecule has 4 atom stereocenters. The number of halogens is 1. The lowest BCUT2D eigenvalue weighted by molar-refractivity contribution is -0.126. The minimum atomic E-state index is -0.193. The van der Waals surface area contributed by atoms with Crippen molar-refractivity contribution in [3.05, 3.63) is 29.6 Å². The Labute approximate surface area is 165 Å². The highest BCUT2D eigenvalue weighted by Crippen LogP contribution is 2.55. The Hall–Kier alpha value is -1.66. The van der Waals surface area contributed by atoms with E-state index in [4.69, 9.17) is 9.47 Å². The van der Waals surface area contributed by atoms with E-state index in [0.29, 0.717) is 36.2 Å². The van der Waals surface area contributed by atoms with Crippen LogP contribution in [0, 0.1) is 23.1 Å². The third-order valence-electron chi connectivity index (χ3n) is 7.55. The van der Waals surface area contributed by atoms with E-state index in [-0.39, 0.29) is 28.8 Å². The lowest BCUT2D eigenvalue weighted by Crippen LogP contribution is -2.43. The summed E-state index contributed by atoms with van der Waals surface area (Å²) in [5.74, 6) is 1.45. The minimum Gasteiger partial charge on any atom is -0.497 e. The van der Waals surface area contributed by atoms with E-state index in [0.717, 1.165) is 38.8 Å². The number of hydrogen-bond acceptors (Lipinski definition) is 4. The second kappa shape index (κ2) is 6.42. The number of nitrogens with zero attached hydrogens (tertiary/aromatic N) is 1. The predicted octanol–water partition coefficient (Wildman–Crippen LogP) is 2.73. The molecule has 0 unspecified atom stereocenters. The van der Waals surface area contributed by atoms with Crippen LogP contribution in [0.25, 0.3) is 0 Å². The van der Waals surface area contributed by atoms with Gasteiger partial charge in [0.25, 0.3) is 0 Å². The van der Waals surface area contributed by atoms with Crippen molar-refractivity contribution in [3.63, 3.8) is 0 Å². The first-order valence-electron chi connectivity index (χ1n) is 10.4. The van der Waals surface area contributed by atoms with Crippen molar-refractivity contribution in [2.45, 2.75) is 50.9 Å². The molecule has 1 aromatic rings. The smallest absolute Gasteiger partial charge is 0.225 e. The van der Waals surface area contributed by atoms with Gasteiger partial charge in [-0.1, -0.05) is 6.92 Å². The number of likely N-dealkylation sites (tertiary alicyclic amines) is 1. The van der Waals surface area contributed by atoms with Crippen LogP contribution in [0.1, 0.15) is 38.2 Å². The highest BCUT2D eigenvalue weighted by Gasteiger charge is 2.62. The average Bonchev–Trinajstić information content (AvgIpc) is 3.04. The van der Waals surface area contributed by atoms with Gasteiger partial charge in [-0.05, 0) is 43.9 Å². The summed E-state index contributed by atoms with van der Waals surface area (Å²) in [5, 5.41) is 3.20. The molecular formula is C22H29FN2O3. The van der Waals surface area contributed by atoms with Crippen LogP contribution < -0.4 is 10.1 Å². The van der Waals surface area contributed by atoms with Crippen LogP contribution in [0.2, 0.25) is 0 Å². The highest BCUT2D eigenvalue weighted by atomic mass is 19.1. The molecule has 1 saturated carbocycles. The Kier molecular flexibility index (Phi) is 4.22. The summed E-state index contributed by atoms with van der Waals surface area (Å²) in [6.07, 6.45) is 4.39. The number of carbonyl (C=O) groups is 1. The van der Waals surface area contributed by atoms with Crippen molar-refractivity contribution in [1.29, 1.82) is 0 Å². The number of nitrogens with one attached hydrogen (secondary N) is 1. The molecule has 1 spiro atoms. The number of methoxy groups -OCH3 is 1. The number of benzene rings is 1. The van der Waals surface area contributed by atoms with E-state index in [9.17, 15) is 9.18 Å². The molecule has 0 aromatic heterocycles. The van der Waals surface area contributed by atoms with Crippen molar-refractivity contribution in [1.82, 2.24) is 10.2 Å². The molecule has 1 aliphatic carbocycles. The van der Waals surface area contributed by atoms with Gasteiger partial charge >= 0.3 is 0 Å². The molecule has 4 fully saturated rings. The number of fused-ring (bicyclic) bond motifs is 1. The molecule has 6 heteroatoms. The number of hydrogen-bond donors (Lipinski definition) is 1. The monoisotopic (exact) mass is 388 g/mol. The molecule has 4 aliphatic rings. The first-order valence-corrected chi connectivity index (χ1v) is 10.4. The van der Waals surface area contributed by atoms with Gasteiger partial charge in [0.05, 0.1) is 18.8 Å². The van der Waals surface area contributed by atoms with E-state index >= 15 is 0 Å². The van der Waals surface area contributed by atoms with Crippen molar-refractivity contribution < 1.29 is 18.7 Å². The zero-order valence-corrected chi connectivity index (χ0v) is 16.7. The molecular weight excluding hydrogens is 359 g/mol. The van der Waals surface area contributed by atoms with Crippen LogP contribution >= 0.6 is 0 Å². The van der Waals surface area contributed by atoms with Crippen LogP contribution in [0.4, 0.5) is 4.39 Å². The van der Waals surface area contributed by atoms with Crippen molar-refractivity contribution in [3.8, 4) is 5.75 Å². The maximum atomic E-state index is 14.3. The summed E-state index contributed by atoms with van der Waals surface area (Å²) < 4.78 is 26.0. The summed E-state index contributed by atoms with van der Waals surface area (Å²) in [7, 11) is 1.60. The van der Waals surface area contributed by atoms with Gasteiger partial charge in [-0.3, -0.25) is 9.69 Å². The zero-order valence-electron chi connectivity index (χ0n) is 16.7. The van der Waals surface area contributed by atoms with E-state index in [1.165, 1.54) is 6.07 Å². The average molecular weight is 388 g/mol. The largest absolute Gasteiger partial charge is 0.497 e. The quantitative estimate of drug-likeness (QED) is 0.814. The predicted molar refractivity (Wildman–Crippen MR) is 102 cm³/mol. The Morgan fingerprint density at radius 3 is 2.96 bits per heavy atom. The summed E-state index contributed by atoms with van der Waals surface area (Å²) in [4.78, 5) is 14.7. The summed E-state index contributed by atoms with van der Waals surface area (Å²) in [6, 6.07) is 4.91. The Bertz CT molecular complexity index is 796. The SMILES string of the molecule is COc1ccc(F)c(CN2C[C@@H]3[C@H](CNC(=O)C4(C)CC4)[C@H]4CC[C@]3(C2)O4)c1. The maximum absolute atomic E-state index is 14.3. The third kappa shape index (κ3) is 2.92. The van der Waals surface area contributed by atoms with Gasteiger partial charge in [-0.15, -0.1) is 0 Å². The molecule has 3 aliphatic heterocycles. The van der Waals surface area contributed by atoms with Gasteiger partial charge in [0.15, 0.2) is 0 Å². The van der Waals surface area contributed by atoms with Crippen molar-refractivity contribution in [2.24, 2.45) is 17.3 Å². The van der Waals surface area contributed by atoms with E-state index in [1.807, 2.05) is 6.92 Å². The molecule has 3 heterocycles. The van der Waals surface area contributed by atoms with Gasteiger partial charge in [0.2, 0.25) is 5.91 Å². The minimum absolute atomic E-state index is 0.112. The second-order valence-corrected chi connectivity index (χ2v) is 9.43.